The number of nitrogens with one attached hydrogen (secondary N) is 1. The molecule has 0 bridgehead atoms. The molecule has 2 nitrogen and oxygen atoms in total. The molecule has 1 heterocycles. The van der Waals surface area contributed by atoms with Crippen LogP contribution in [0.5, 0.6) is 0 Å². The van der Waals surface area contributed by atoms with Gasteiger partial charge in [-0.15, -0.1) is 6.58 Å². The van der Waals surface area contributed by atoms with E-state index in [1.165, 1.54) is 0 Å². The van der Waals surface area contributed by atoms with Gasteiger partial charge in [0.15, 0.2) is 0 Å². The van der Waals surface area contributed by atoms with Crippen LogP contribution in [0.1, 0.15) is 12.8 Å². The van der Waals surface area contributed by atoms with Crippen molar-refractivity contribution >= 4 is 6.21 Å². The number of nitrogens with zero attached hydrogens (tertiary/aromatic N) is 1. The highest BCUT2D eigenvalue weighted by Gasteiger charge is 2.03. The summed E-state index contributed by atoms with van der Waals surface area (Å²) in [5, 5.41) is 3.25. The van der Waals surface area contributed by atoms with Crippen molar-refractivity contribution in [3.63, 3.8) is 0 Å². The monoisotopic (exact) mass is 124 g/mol. The van der Waals surface area contributed by atoms with Crippen LogP contribution in [0.15, 0.2) is 17.6 Å². The maximum Gasteiger partial charge on any atom is 0.102 e. The molecule has 1 atom stereocenters. The van der Waals surface area contributed by atoms with Gasteiger partial charge in [0.2, 0.25) is 0 Å². The van der Waals surface area contributed by atoms with E-state index >= 15 is 0 Å². The molecule has 0 amide bonds. The van der Waals surface area contributed by atoms with E-state index < -0.39 is 0 Å². The first kappa shape index (κ1) is 6.49. The average molecular weight is 124 g/mol. The number of hydrogen-bond donors (Lipinski definition) is 1. The highest BCUT2D eigenvalue weighted by atomic mass is 15.1. The van der Waals surface area contributed by atoms with E-state index in [2.05, 4.69) is 16.9 Å². The minimum absolute atomic E-state index is 0.302. The van der Waals surface area contributed by atoms with Crippen molar-refractivity contribution in [3.05, 3.63) is 12.7 Å². The molecular formula is C7H12N2. The first-order chi connectivity index (χ1) is 4.43. The number of hydrogen-bond acceptors (Lipinski definition) is 2. The molecule has 0 radical (unpaired) electrons. The van der Waals surface area contributed by atoms with Crippen LogP contribution in [0.4, 0.5) is 0 Å². The maximum absolute atomic E-state index is 4.21. The van der Waals surface area contributed by atoms with E-state index in [1.54, 1.807) is 0 Å². The van der Waals surface area contributed by atoms with Gasteiger partial charge in [-0.25, -0.2) is 0 Å². The van der Waals surface area contributed by atoms with Gasteiger partial charge < -0.3 is 0 Å². The quantitative estimate of drug-likeness (QED) is 0.545. The highest BCUT2D eigenvalue weighted by molar-refractivity contribution is 5.58. The van der Waals surface area contributed by atoms with Gasteiger partial charge in [0, 0.05) is 19.2 Å². The van der Waals surface area contributed by atoms with E-state index in [-0.39, 0.29) is 0 Å². The van der Waals surface area contributed by atoms with Crippen LogP contribution in [0.3, 0.4) is 0 Å². The van der Waals surface area contributed by atoms with Crippen molar-refractivity contribution in [3.8, 4) is 0 Å². The second kappa shape index (κ2) is 3.41. The van der Waals surface area contributed by atoms with Gasteiger partial charge in [-0.05, 0) is 6.42 Å². The minimum atomic E-state index is 0.302. The second-order valence-electron chi connectivity index (χ2n) is 2.11. The fourth-order valence-electron chi connectivity index (χ4n) is 0.871. The summed E-state index contributed by atoms with van der Waals surface area (Å²) in [6.45, 7) is 4.70. The second-order valence-corrected chi connectivity index (χ2v) is 2.11. The van der Waals surface area contributed by atoms with Crippen molar-refractivity contribution in [2.45, 2.75) is 19.0 Å². The SMILES string of the molecule is C=CCC1N=CCCN1. The molecule has 50 valence electrons. The fourth-order valence-corrected chi connectivity index (χ4v) is 0.871. The van der Waals surface area contributed by atoms with E-state index in [1.807, 2.05) is 12.3 Å². The fraction of sp³-hybridized carbons (Fsp3) is 0.571. The Morgan fingerprint density at radius 2 is 2.78 bits per heavy atom. The first-order valence-electron chi connectivity index (χ1n) is 3.29. The third-order valence-corrected chi connectivity index (χ3v) is 1.33. The molecule has 1 N–H and O–H groups in total. The van der Waals surface area contributed by atoms with Crippen molar-refractivity contribution in [1.29, 1.82) is 0 Å². The molecule has 1 rings (SSSR count). The van der Waals surface area contributed by atoms with Gasteiger partial charge >= 0.3 is 0 Å². The normalized spacial score (nSPS) is 26.0. The van der Waals surface area contributed by atoms with Crippen LogP contribution >= 0.6 is 0 Å². The van der Waals surface area contributed by atoms with E-state index in [0.717, 1.165) is 19.4 Å². The lowest BCUT2D eigenvalue weighted by molar-refractivity contribution is 0.528. The van der Waals surface area contributed by atoms with Gasteiger partial charge in [0.05, 0.1) is 0 Å². The molecule has 1 aliphatic heterocycles. The van der Waals surface area contributed by atoms with Gasteiger partial charge in [-0.2, -0.15) is 0 Å². The van der Waals surface area contributed by atoms with Crippen molar-refractivity contribution in [2.75, 3.05) is 6.54 Å². The van der Waals surface area contributed by atoms with Crippen LogP contribution in [0, 0.1) is 0 Å². The van der Waals surface area contributed by atoms with Crippen LogP contribution < -0.4 is 5.32 Å². The molecule has 0 saturated heterocycles. The third kappa shape index (κ3) is 1.98. The van der Waals surface area contributed by atoms with E-state index in [4.69, 9.17) is 0 Å². The van der Waals surface area contributed by atoms with Gasteiger partial charge in [-0.1, -0.05) is 6.08 Å². The standard InChI is InChI=1S/C7H12N2/c1-2-4-7-8-5-3-6-9-7/h2,5,7,9H,1,3-4,6H2. The topological polar surface area (TPSA) is 24.4 Å². The first-order valence-corrected chi connectivity index (χ1v) is 3.29. The molecule has 0 saturated carbocycles. The molecule has 0 fully saturated rings. The van der Waals surface area contributed by atoms with Crippen LogP contribution in [-0.4, -0.2) is 18.9 Å². The molecule has 0 spiro atoms. The van der Waals surface area contributed by atoms with Crippen LogP contribution in [0.2, 0.25) is 0 Å². The molecule has 0 aromatic carbocycles. The molecule has 9 heavy (non-hydrogen) atoms. The average Bonchev–Trinajstić information content (AvgIpc) is 1.91. The summed E-state index contributed by atoms with van der Waals surface area (Å²) in [6.07, 6.45) is 6.17. The van der Waals surface area contributed by atoms with Gasteiger partial charge in [-0.3, -0.25) is 10.3 Å². The molecule has 1 unspecified atom stereocenters. The number of rotatable bonds is 2. The zero-order valence-corrected chi connectivity index (χ0v) is 5.51. The minimum Gasteiger partial charge on any atom is -0.295 e. The summed E-state index contributed by atoms with van der Waals surface area (Å²) in [6, 6.07) is 0. The molecule has 0 aromatic rings. The Kier molecular flexibility index (Phi) is 2.46. The summed E-state index contributed by atoms with van der Waals surface area (Å²) >= 11 is 0. The predicted molar refractivity (Wildman–Crippen MR) is 39.7 cm³/mol. The zero-order valence-electron chi connectivity index (χ0n) is 5.51. The molecule has 0 aliphatic carbocycles. The number of aliphatic imine (C=N–C) groups is 1. The summed E-state index contributed by atoms with van der Waals surface area (Å²) in [5.74, 6) is 0. The van der Waals surface area contributed by atoms with E-state index in [0.29, 0.717) is 6.17 Å². The molecule has 2 heteroatoms. The van der Waals surface area contributed by atoms with E-state index in [9.17, 15) is 0 Å². The Hall–Kier alpha value is -0.630. The Bertz CT molecular complexity index is 118. The van der Waals surface area contributed by atoms with Crippen molar-refractivity contribution < 1.29 is 0 Å². The smallest absolute Gasteiger partial charge is 0.102 e. The Labute approximate surface area is 55.7 Å². The van der Waals surface area contributed by atoms with Crippen molar-refractivity contribution in [2.24, 2.45) is 4.99 Å². The maximum atomic E-state index is 4.21. The van der Waals surface area contributed by atoms with Gasteiger partial charge in [0.1, 0.15) is 6.17 Å². The Morgan fingerprint density at radius 1 is 1.89 bits per heavy atom. The molecule has 1 aliphatic rings. The Balaban J connectivity index is 2.31. The lowest BCUT2D eigenvalue weighted by Gasteiger charge is -2.15. The summed E-state index contributed by atoms with van der Waals surface area (Å²) in [5.41, 5.74) is 0. The van der Waals surface area contributed by atoms with Crippen molar-refractivity contribution in [1.82, 2.24) is 5.32 Å². The summed E-state index contributed by atoms with van der Waals surface area (Å²) < 4.78 is 0. The van der Waals surface area contributed by atoms with Gasteiger partial charge in [0.25, 0.3) is 0 Å². The molecule has 0 aromatic heterocycles. The lowest BCUT2D eigenvalue weighted by Crippen LogP contribution is -2.31. The predicted octanol–water partition coefficient (Wildman–Crippen LogP) is 0.953. The third-order valence-electron chi connectivity index (χ3n) is 1.33. The Morgan fingerprint density at radius 3 is 3.33 bits per heavy atom. The molecular weight excluding hydrogens is 112 g/mol. The summed E-state index contributed by atoms with van der Waals surface area (Å²) in [7, 11) is 0. The zero-order chi connectivity index (χ0) is 6.53. The van der Waals surface area contributed by atoms with Crippen LogP contribution in [0.25, 0.3) is 0 Å². The van der Waals surface area contributed by atoms with Crippen LogP contribution in [-0.2, 0) is 0 Å². The largest absolute Gasteiger partial charge is 0.295 e. The lowest BCUT2D eigenvalue weighted by atomic mass is 10.3. The summed E-state index contributed by atoms with van der Waals surface area (Å²) in [4.78, 5) is 4.21. The highest BCUT2D eigenvalue weighted by Crippen LogP contribution is 1.97.